The molecule has 0 saturated carbocycles. The number of benzene rings is 1. The Morgan fingerprint density at radius 3 is 3.00 bits per heavy atom. The van der Waals surface area contributed by atoms with Crippen LogP contribution in [-0.2, 0) is 17.6 Å². The number of hydrogen-bond donors (Lipinski definition) is 1. The van der Waals surface area contributed by atoms with Crippen LogP contribution < -0.4 is 10.2 Å². The highest BCUT2D eigenvalue weighted by molar-refractivity contribution is 7.09. The molecule has 0 radical (unpaired) electrons. The lowest BCUT2D eigenvalue weighted by atomic mass is 9.80. The highest BCUT2D eigenvalue weighted by atomic mass is 32.1. The number of piperidine rings is 1. The first-order valence-electron chi connectivity index (χ1n) is 9.47. The molecule has 0 unspecified atom stereocenters. The number of rotatable bonds is 5. The second kappa shape index (κ2) is 7.68. The molecule has 7 heteroatoms. The first kappa shape index (κ1) is 18.0. The highest BCUT2D eigenvalue weighted by Crippen LogP contribution is 2.39. The lowest BCUT2D eigenvalue weighted by Crippen LogP contribution is -2.53. The van der Waals surface area contributed by atoms with Crippen LogP contribution in [0.15, 0.2) is 35.7 Å². The molecule has 27 heavy (non-hydrogen) atoms. The summed E-state index contributed by atoms with van der Waals surface area (Å²) >= 11 is 1.70. The zero-order valence-electron chi connectivity index (χ0n) is 15.1. The summed E-state index contributed by atoms with van der Waals surface area (Å²) < 4.78 is 0. The molecule has 2 atom stereocenters. The lowest BCUT2D eigenvalue weighted by molar-refractivity contribution is -0.384. The summed E-state index contributed by atoms with van der Waals surface area (Å²) in [6.07, 6.45) is 4.64. The van der Waals surface area contributed by atoms with Crippen LogP contribution in [0, 0.1) is 16.0 Å². The molecule has 1 aromatic carbocycles. The van der Waals surface area contributed by atoms with E-state index in [0.717, 1.165) is 43.5 Å². The number of non-ortho nitro benzene ring substituents is 1. The Bertz CT molecular complexity index is 837. The summed E-state index contributed by atoms with van der Waals surface area (Å²) in [6, 6.07) is 9.37. The van der Waals surface area contributed by atoms with Crippen LogP contribution >= 0.6 is 11.3 Å². The first-order chi connectivity index (χ1) is 13.1. The van der Waals surface area contributed by atoms with Gasteiger partial charge >= 0.3 is 0 Å². The van der Waals surface area contributed by atoms with Crippen molar-refractivity contribution < 1.29 is 9.72 Å². The minimum atomic E-state index is -0.362. The standard InChI is InChI=1S/C20H23N3O3S/c24-20(21-9-8-16-4-3-11-27-16)17-13-14-12-15(23(25)26)6-7-18(14)22-10-2-1-5-19(17)22/h3-4,6-7,11-12,17,19H,1-2,5,8-10,13H2,(H,21,24)/t17-,19-/m0/s1. The number of nitrogens with one attached hydrogen (secondary N) is 1. The monoisotopic (exact) mass is 385 g/mol. The van der Waals surface area contributed by atoms with Crippen molar-refractivity contribution in [2.24, 2.45) is 5.92 Å². The fraction of sp³-hybridized carbons (Fsp3) is 0.450. The number of hydrogen-bond acceptors (Lipinski definition) is 5. The maximum atomic E-state index is 12.9. The van der Waals surface area contributed by atoms with E-state index in [0.29, 0.717) is 13.0 Å². The number of nitro benzene ring substituents is 1. The molecule has 2 aliphatic rings. The number of carbonyl (C=O) groups excluding carboxylic acids is 1. The molecule has 0 aliphatic carbocycles. The smallest absolute Gasteiger partial charge is 0.269 e. The van der Waals surface area contributed by atoms with E-state index in [1.54, 1.807) is 23.5 Å². The fourth-order valence-corrected chi connectivity index (χ4v) is 5.05. The summed E-state index contributed by atoms with van der Waals surface area (Å²) in [5.74, 6) is -0.0799. The van der Waals surface area contributed by atoms with Crippen molar-refractivity contribution in [3.8, 4) is 0 Å². The highest BCUT2D eigenvalue weighted by Gasteiger charge is 2.39. The van der Waals surface area contributed by atoms with Gasteiger partial charge in [-0.1, -0.05) is 6.07 Å². The van der Waals surface area contributed by atoms with Gasteiger partial charge in [0.2, 0.25) is 5.91 Å². The summed E-state index contributed by atoms with van der Waals surface area (Å²) in [5.41, 5.74) is 2.08. The molecule has 3 heterocycles. The molecule has 0 bridgehead atoms. The summed E-state index contributed by atoms with van der Waals surface area (Å²) in [7, 11) is 0. The van der Waals surface area contributed by atoms with Gasteiger partial charge in [0, 0.05) is 41.8 Å². The van der Waals surface area contributed by atoms with Gasteiger partial charge in [0.15, 0.2) is 0 Å². The maximum Gasteiger partial charge on any atom is 0.269 e. The second-order valence-electron chi connectivity index (χ2n) is 7.26. The fourth-order valence-electron chi connectivity index (χ4n) is 4.34. The van der Waals surface area contributed by atoms with Gasteiger partial charge in [0.05, 0.1) is 10.8 Å². The number of amides is 1. The summed E-state index contributed by atoms with van der Waals surface area (Å²) in [6.45, 7) is 1.54. The number of nitro groups is 1. The van der Waals surface area contributed by atoms with Crippen LogP contribution in [0.4, 0.5) is 11.4 Å². The Balaban J connectivity index is 1.52. The minimum Gasteiger partial charge on any atom is -0.368 e. The Labute approximate surface area is 162 Å². The molecule has 1 amide bonds. The quantitative estimate of drug-likeness (QED) is 0.631. The molecule has 1 N–H and O–H groups in total. The zero-order chi connectivity index (χ0) is 18.8. The second-order valence-corrected chi connectivity index (χ2v) is 8.29. The summed E-state index contributed by atoms with van der Waals surface area (Å²) in [4.78, 5) is 27.3. The van der Waals surface area contributed by atoms with E-state index in [-0.39, 0.29) is 28.5 Å². The van der Waals surface area contributed by atoms with E-state index in [9.17, 15) is 14.9 Å². The van der Waals surface area contributed by atoms with E-state index in [1.807, 2.05) is 17.5 Å². The van der Waals surface area contributed by atoms with Crippen molar-refractivity contribution in [3.05, 3.63) is 56.3 Å². The van der Waals surface area contributed by atoms with E-state index in [2.05, 4.69) is 16.3 Å². The van der Waals surface area contributed by atoms with Crippen LogP contribution in [0.5, 0.6) is 0 Å². The molecule has 0 spiro atoms. The number of nitrogens with zero attached hydrogens (tertiary/aromatic N) is 2. The maximum absolute atomic E-state index is 12.9. The zero-order valence-corrected chi connectivity index (χ0v) is 15.9. The summed E-state index contributed by atoms with van der Waals surface area (Å²) in [5, 5.41) is 16.3. The van der Waals surface area contributed by atoms with Crippen molar-refractivity contribution in [2.45, 2.75) is 38.1 Å². The number of fused-ring (bicyclic) bond motifs is 3. The number of anilines is 1. The molecular weight excluding hydrogens is 362 g/mol. The van der Waals surface area contributed by atoms with Crippen molar-refractivity contribution >= 4 is 28.6 Å². The SMILES string of the molecule is O=C(NCCc1cccs1)[C@H]1Cc2cc([N+](=O)[O-])ccc2N2CCCC[C@@H]12. The topological polar surface area (TPSA) is 75.5 Å². The third-order valence-corrected chi connectivity index (χ3v) is 6.56. The van der Waals surface area contributed by atoms with Gasteiger partial charge in [0.1, 0.15) is 0 Å². The van der Waals surface area contributed by atoms with Gasteiger partial charge < -0.3 is 10.2 Å². The van der Waals surface area contributed by atoms with Crippen molar-refractivity contribution in [1.29, 1.82) is 0 Å². The molecular formula is C20H23N3O3S. The van der Waals surface area contributed by atoms with Crippen molar-refractivity contribution in [1.82, 2.24) is 5.32 Å². The van der Waals surface area contributed by atoms with Gasteiger partial charge in [-0.15, -0.1) is 11.3 Å². The Kier molecular flexibility index (Phi) is 5.11. The van der Waals surface area contributed by atoms with Crippen LogP contribution in [0.3, 0.4) is 0 Å². The lowest BCUT2D eigenvalue weighted by Gasteiger charge is -2.45. The normalized spacial score (nSPS) is 21.3. The van der Waals surface area contributed by atoms with Gasteiger partial charge in [-0.05, 0) is 55.2 Å². The molecule has 2 aromatic rings. The van der Waals surface area contributed by atoms with Gasteiger partial charge in [-0.25, -0.2) is 0 Å². The molecule has 4 rings (SSSR count). The average Bonchev–Trinajstić information content (AvgIpc) is 3.20. The molecule has 1 fully saturated rings. The van der Waals surface area contributed by atoms with Crippen LogP contribution in [0.2, 0.25) is 0 Å². The van der Waals surface area contributed by atoms with E-state index in [4.69, 9.17) is 0 Å². The third-order valence-electron chi connectivity index (χ3n) is 5.62. The Morgan fingerprint density at radius 2 is 2.22 bits per heavy atom. The largest absolute Gasteiger partial charge is 0.368 e. The van der Waals surface area contributed by atoms with Crippen molar-refractivity contribution in [2.75, 3.05) is 18.0 Å². The van der Waals surface area contributed by atoms with Gasteiger partial charge in [-0.3, -0.25) is 14.9 Å². The van der Waals surface area contributed by atoms with E-state index >= 15 is 0 Å². The molecule has 6 nitrogen and oxygen atoms in total. The van der Waals surface area contributed by atoms with Crippen LogP contribution in [0.25, 0.3) is 0 Å². The van der Waals surface area contributed by atoms with Gasteiger partial charge in [0.25, 0.3) is 5.69 Å². The predicted molar refractivity (Wildman–Crippen MR) is 106 cm³/mol. The number of carbonyl (C=O) groups is 1. The molecule has 142 valence electrons. The third kappa shape index (κ3) is 3.69. The van der Waals surface area contributed by atoms with Crippen molar-refractivity contribution in [3.63, 3.8) is 0 Å². The molecule has 1 aromatic heterocycles. The first-order valence-corrected chi connectivity index (χ1v) is 10.4. The Morgan fingerprint density at radius 1 is 1.33 bits per heavy atom. The molecule has 1 saturated heterocycles. The van der Waals surface area contributed by atoms with Crippen LogP contribution in [-0.4, -0.2) is 30.0 Å². The minimum absolute atomic E-state index is 0.0700. The average molecular weight is 385 g/mol. The van der Waals surface area contributed by atoms with Gasteiger partial charge in [-0.2, -0.15) is 0 Å². The molecule has 2 aliphatic heterocycles. The predicted octanol–water partition coefficient (Wildman–Crippen LogP) is 3.55. The van der Waals surface area contributed by atoms with E-state index < -0.39 is 0 Å². The van der Waals surface area contributed by atoms with Crippen LogP contribution in [0.1, 0.15) is 29.7 Å². The van der Waals surface area contributed by atoms with E-state index in [1.165, 1.54) is 4.88 Å². The Hall–Kier alpha value is -2.41. The number of thiophene rings is 1.